The van der Waals surface area contributed by atoms with Gasteiger partial charge in [0.25, 0.3) is 0 Å². The number of aromatic nitrogens is 3. The normalized spacial score (nSPS) is 25.5. The van der Waals surface area contributed by atoms with E-state index in [4.69, 9.17) is 4.74 Å². The summed E-state index contributed by atoms with van der Waals surface area (Å²) in [5.74, 6) is -1.99. The van der Waals surface area contributed by atoms with E-state index in [1.165, 1.54) is 24.1 Å². The molecule has 3 aromatic rings. The number of rotatable bonds is 6. The molecule has 170 valence electrons. The van der Waals surface area contributed by atoms with Crippen molar-refractivity contribution in [1.29, 1.82) is 0 Å². The second-order valence-electron chi connectivity index (χ2n) is 8.20. The number of amides is 1. The summed E-state index contributed by atoms with van der Waals surface area (Å²) in [5.41, 5.74) is 1.50. The van der Waals surface area contributed by atoms with E-state index < -0.39 is 50.4 Å². The Balaban J connectivity index is 1.43. The lowest BCUT2D eigenvalue weighted by molar-refractivity contribution is -0.168. The molecule has 2 aliphatic rings. The minimum absolute atomic E-state index is 0.0391. The summed E-state index contributed by atoms with van der Waals surface area (Å²) in [5, 5.41) is 5.76. The molecule has 0 radical (unpaired) electrons. The molecule has 1 aromatic heterocycles. The standard InChI is InChI=1S/C23H22N4O5S/c1-15-19(27-21(28)18(22(27)33(15,30)31)14-26-24-12-13-25-26)23(29)32-20(16-8-4-2-5-9-16)17-10-6-3-7-11-17/h2-13,15,18-20,22H,14H2,1H3/t15?,18?,19?,22-/m0/s1. The van der Waals surface area contributed by atoms with Gasteiger partial charge in [0.05, 0.1) is 30.1 Å². The Labute approximate surface area is 190 Å². The van der Waals surface area contributed by atoms with Crippen molar-refractivity contribution in [1.82, 2.24) is 19.9 Å². The number of ether oxygens (including phenoxy) is 1. The van der Waals surface area contributed by atoms with Crippen molar-refractivity contribution in [3.05, 3.63) is 84.2 Å². The molecule has 0 N–H and O–H groups in total. The van der Waals surface area contributed by atoms with Crippen LogP contribution in [0.2, 0.25) is 0 Å². The average molecular weight is 467 g/mol. The van der Waals surface area contributed by atoms with Gasteiger partial charge in [-0.3, -0.25) is 4.79 Å². The second kappa shape index (κ2) is 8.11. The molecular weight excluding hydrogens is 444 g/mol. The molecule has 1 amide bonds. The predicted molar refractivity (Wildman–Crippen MR) is 117 cm³/mol. The van der Waals surface area contributed by atoms with Crippen LogP contribution >= 0.6 is 0 Å². The summed E-state index contributed by atoms with van der Waals surface area (Å²) in [6, 6.07) is 17.2. The highest BCUT2D eigenvalue weighted by Crippen LogP contribution is 2.44. The lowest BCUT2D eigenvalue weighted by Gasteiger charge is -2.42. The highest BCUT2D eigenvalue weighted by atomic mass is 32.2. The molecule has 4 atom stereocenters. The van der Waals surface area contributed by atoms with Crippen molar-refractivity contribution >= 4 is 21.7 Å². The van der Waals surface area contributed by atoms with Crippen molar-refractivity contribution in [3.63, 3.8) is 0 Å². The number of carbonyl (C=O) groups is 2. The van der Waals surface area contributed by atoms with Gasteiger partial charge in [-0.2, -0.15) is 15.0 Å². The van der Waals surface area contributed by atoms with Gasteiger partial charge < -0.3 is 9.64 Å². The first-order valence-electron chi connectivity index (χ1n) is 10.6. The van der Waals surface area contributed by atoms with Crippen LogP contribution in [0.3, 0.4) is 0 Å². The fourth-order valence-corrected chi connectivity index (χ4v) is 6.87. The summed E-state index contributed by atoms with van der Waals surface area (Å²) in [4.78, 5) is 28.7. The van der Waals surface area contributed by atoms with Crippen molar-refractivity contribution in [2.24, 2.45) is 5.92 Å². The molecule has 2 aliphatic heterocycles. The number of esters is 1. The van der Waals surface area contributed by atoms with Crippen LogP contribution in [-0.4, -0.2) is 56.9 Å². The molecular formula is C23H22N4O5S. The number of nitrogens with zero attached hydrogens (tertiary/aromatic N) is 4. The predicted octanol–water partition coefficient (Wildman–Crippen LogP) is 1.58. The van der Waals surface area contributed by atoms with E-state index in [-0.39, 0.29) is 6.54 Å². The molecule has 3 unspecified atom stereocenters. The SMILES string of the molecule is CC1C(C(=O)OC(c2ccccc2)c2ccccc2)N2C(=O)C(Cn3nccn3)[C@@H]2S1(=O)=O. The maximum absolute atomic E-state index is 13.3. The lowest BCUT2D eigenvalue weighted by atomic mass is 9.95. The van der Waals surface area contributed by atoms with E-state index in [0.29, 0.717) is 0 Å². The van der Waals surface area contributed by atoms with E-state index in [9.17, 15) is 18.0 Å². The minimum atomic E-state index is -3.78. The Morgan fingerprint density at radius 1 is 1.00 bits per heavy atom. The zero-order chi connectivity index (χ0) is 23.2. The fraction of sp³-hybridized carbons (Fsp3) is 0.304. The first-order valence-corrected chi connectivity index (χ1v) is 12.2. The quantitative estimate of drug-likeness (QED) is 0.401. The van der Waals surface area contributed by atoms with Crippen LogP contribution < -0.4 is 0 Å². The maximum atomic E-state index is 13.3. The lowest BCUT2D eigenvalue weighted by Crippen LogP contribution is -2.64. The molecule has 0 spiro atoms. The van der Waals surface area contributed by atoms with Crippen LogP contribution in [0, 0.1) is 5.92 Å². The minimum Gasteiger partial charge on any atom is -0.451 e. The van der Waals surface area contributed by atoms with Gasteiger partial charge >= 0.3 is 5.97 Å². The second-order valence-corrected chi connectivity index (χ2v) is 10.6. The maximum Gasteiger partial charge on any atom is 0.331 e. The topological polar surface area (TPSA) is 111 Å². The van der Waals surface area contributed by atoms with E-state index >= 15 is 0 Å². The third kappa shape index (κ3) is 3.50. The zero-order valence-corrected chi connectivity index (χ0v) is 18.6. The van der Waals surface area contributed by atoms with Gasteiger partial charge in [0.2, 0.25) is 5.91 Å². The summed E-state index contributed by atoms with van der Waals surface area (Å²) in [6.45, 7) is 1.49. The number of β-lactam (4-membered cyclic amide) rings is 1. The summed E-state index contributed by atoms with van der Waals surface area (Å²) >= 11 is 0. The molecule has 3 heterocycles. The molecule has 2 saturated heterocycles. The van der Waals surface area contributed by atoms with Gasteiger partial charge in [-0.05, 0) is 18.1 Å². The van der Waals surface area contributed by atoms with Crippen molar-refractivity contribution < 1.29 is 22.7 Å². The van der Waals surface area contributed by atoms with Gasteiger partial charge in [0.1, 0.15) is 11.4 Å². The molecule has 10 heteroatoms. The third-order valence-electron chi connectivity index (χ3n) is 6.30. The van der Waals surface area contributed by atoms with Crippen LogP contribution in [0.25, 0.3) is 0 Å². The molecule has 2 fully saturated rings. The Bertz CT molecular complexity index is 1230. The molecule has 33 heavy (non-hydrogen) atoms. The number of hydrogen-bond acceptors (Lipinski definition) is 7. The van der Waals surface area contributed by atoms with Gasteiger partial charge in [-0.15, -0.1) is 0 Å². The largest absolute Gasteiger partial charge is 0.451 e. The Hall–Kier alpha value is -3.53. The number of carbonyl (C=O) groups excluding carboxylic acids is 2. The van der Waals surface area contributed by atoms with Gasteiger partial charge in [0, 0.05) is 0 Å². The van der Waals surface area contributed by atoms with Crippen LogP contribution in [-0.2, 0) is 30.7 Å². The first-order chi connectivity index (χ1) is 15.9. The number of benzene rings is 2. The van der Waals surface area contributed by atoms with Crippen LogP contribution in [0.5, 0.6) is 0 Å². The smallest absolute Gasteiger partial charge is 0.331 e. The highest BCUT2D eigenvalue weighted by Gasteiger charge is 2.67. The average Bonchev–Trinajstić information content (AvgIpc) is 3.41. The van der Waals surface area contributed by atoms with Crippen LogP contribution in [0.15, 0.2) is 73.1 Å². The zero-order valence-electron chi connectivity index (χ0n) is 17.8. The van der Waals surface area contributed by atoms with Gasteiger partial charge in [0.15, 0.2) is 15.9 Å². The number of hydrogen-bond donors (Lipinski definition) is 0. The Kier molecular flexibility index (Phi) is 5.24. The third-order valence-corrected chi connectivity index (χ3v) is 8.82. The summed E-state index contributed by atoms with van der Waals surface area (Å²) in [7, 11) is -3.78. The first kappa shape index (κ1) is 21.3. The number of sulfone groups is 1. The molecule has 0 bridgehead atoms. The van der Waals surface area contributed by atoms with E-state index in [1.54, 1.807) is 0 Å². The van der Waals surface area contributed by atoms with Crippen LogP contribution in [0.4, 0.5) is 0 Å². The van der Waals surface area contributed by atoms with Crippen molar-refractivity contribution in [2.45, 2.75) is 36.2 Å². The Morgan fingerprint density at radius 3 is 2.09 bits per heavy atom. The molecule has 9 nitrogen and oxygen atoms in total. The molecule has 0 saturated carbocycles. The van der Waals surface area contributed by atoms with E-state index in [2.05, 4.69) is 10.2 Å². The highest BCUT2D eigenvalue weighted by molar-refractivity contribution is 7.93. The van der Waals surface area contributed by atoms with Gasteiger partial charge in [-0.1, -0.05) is 60.7 Å². The van der Waals surface area contributed by atoms with Gasteiger partial charge in [-0.25, -0.2) is 13.2 Å². The van der Waals surface area contributed by atoms with Crippen LogP contribution in [0.1, 0.15) is 24.2 Å². The molecule has 2 aromatic carbocycles. The van der Waals surface area contributed by atoms with Crippen molar-refractivity contribution in [2.75, 3.05) is 0 Å². The number of fused-ring (bicyclic) bond motifs is 1. The molecule has 5 rings (SSSR count). The van der Waals surface area contributed by atoms with Crippen molar-refractivity contribution in [3.8, 4) is 0 Å². The van der Waals surface area contributed by atoms with E-state index in [0.717, 1.165) is 16.0 Å². The van der Waals surface area contributed by atoms with E-state index in [1.807, 2.05) is 60.7 Å². The fourth-order valence-electron chi connectivity index (χ4n) is 4.62. The summed E-state index contributed by atoms with van der Waals surface area (Å²) in [6.07, 6.45) is 2.19. The summed E-state index contributed by atoms with van der Waals surface area (Å²) < 4.78 is 32.1. The molecule has 0 aliphatic carbocycles. The monoisotopic (exact) mass is 466 g/mol. The Morgan fingerprint density at radius 2 is 1.55 bits per heavy atom.